The lowest BCUT2D eigenvalue weighted by atomic mass is 10.1. The van der Waals surface area contributed by atoms with Gasteiger partial charge < -0.3 is 9.64 Å². The normalized spacial score (nSPS) is 21.3. The zero-order valence-electron chi connectivity index (χ0n) is 18.6. The first kappa shape index (κ1) is 22.9. The van der Waals surface area contributed by atoms with Gasteiger partial charge in [-0.25, -0.2) is 4.68 Å². The molecule has 3 rings (SSSR count). The van der Waals surface area contributed by atoms with E-state index in [9.17, 15) is 14.4 Å². The number of hydrogen-bond donors (Lipinski definition) is 3. The second-order valence-electron chi connectivity index (χ2n) is 8.69. The summed E-state index contributed by atoms with van der Waals surface area (Å²) in [6.45, 7) is 10.8. The molecule has 1 aromatic heterocycles. The maximum atomic E-state index is 12.8. The van der Waals surface area contributed by atoms with Crippen LogP contribution in [0.1, 0.15) is 44.6 Å². The van der Waals surface area contributed by atoms with Gasteiger partial charge in [0.05, 0.1) is 18.4 Å². The zero-order chi connectivity index (χ0) is 22.5. The molecule has 2 heterocycles. The van der Waals surface area contributed by atoms with Gasteiger partial charge in [0.1, 0.15) is 25.3 Å². The van der Waals surface area contributed by atoms with Crippen molar-refractivity contribution in [3.05, 3.63) is 40.3 Å². The number of carbonyl (C=O) groups excluding carboxylic acids is 2. The largest absolute Gasteiger partial charge is 0.364 e. The van der Waals surface area contributed by atoms with Crippen molar-refractivity contribution in [2.24, 2.45) is 5.92 Å². The maximum Gasteiger partial charge on any atom is 0.290 e. The molecule has 1 unspecified atom stereocenters. The first-order valence-corrected chi connectivity index (χ1v) is 10.8. The van der Waals surface area contributed by atoms with Crippen LogP contribution in [0.5, 0.6) is 0 Å². The van der Waals surface area contributed by atoms with Crippen LogP contribution >= 0.6 is 0 Å². The molecule has 0 aliphatic carbocycles. The zero-order valence-corrected chi connectivity index (χ0v) is 18.6. The van der Waals surface area contributed by atoms with Gasteiger partial charge in [-0.2, -0.15) is 5.10 Å². The first-order valence-electron chi connectivity index (χ1n) is 10.8. The second-order valence-corrected chi connectivity index (χ2v) is 8.69. The number of aromatic nitrogens is 2. The minimum atomic E-state index is -0.553. The number of hydrazine groups is 1. The summed E-state index contributed by atoms with van der Waals surface area (Å²) >= 11 is 0. The summed E-state index contributed by atoms with van der Waals surface area (Å²) in [7, 11) is 0. The molecule has 0 radical (unpaired) electrons. The van der Waals surface area contributed by atoms with E-state index in [-0.39, 0.29) is 41.7 Å². The molecule has 0 bridgehead atoms. The molecule has 31 heavy (non-hydrogen) atoms. The Hall–Kier alpha value is -2.78. The average molecular weight is 431 g/mol. The van der Waals surface area contributed by atoms with Crippen molar-refractivity contribution in [1.29, 1.82) is 0 Å². The SMILES string of the molecule is CC(C)Cn1nc(C(=O)NNC(=O)CC[NH+]2C[C@@H](C)O[C@@H](C)C2)c2ccccc2c1=O. The number of nitrogens with one attached hydrogen (secondary N) is 3. The fourth-order valence-corrected chi connectivity index (χ4v) is 4.00. The highest BCUT2D eigenvalue weighted by atomic mass is 16.5. The van der Waals surface area contributed by atoms with Crippen LogP contribution in [0, 0.1) is 5.92 Å². The highest BCUT2D eigenvalue weighted by Gasteiger charge is 2.26. The van der Waals surface area contributed by atoms with E-state index in [1.165, 1.54) is 9.58 Å². The molecule has 2 amide bonds. The van der Waals surface area contributed by atoms with Crippen molar-refractivity contribution < 1.29 is 19.2 Å². The minimum Gasteiger partial charge on any atom is -0.364 e. The minimum absolute atomic E-state index is 0.109. The van der Waals surface area contributed by atoms with Crippen LogP contribution in [-0.2, 0) is 16.1 Å². The average Bonchev–Trinajstić information content (AvgIpc) is 2.71. The molecule has 1 aliphatic rings. The van der Waals surface area contributed by atoms with Gasteiger partial charge in [0.15, 0.2) is 5.69 Å². The Labute approximate surface area is 181 Å². The molecule has 2 aromatic rings. The summed E-state index contributed by atoms with van der Waals surface area (Å²) in [5, 5.41) is 5.16. The van der Waals surface area contributed by atoms with Crippen LogP contribution in [0.4, 0.5) is 0 Å². The van der Waals surface area contributed by atoms with Gasteiger partial charge in [0.2, 0.25) is 5.91 Å². The molecule has 9 heteroatoms. The van der Waals surface area contributed by atoms with E-state index < -0.39 is 5.91 Å². The highest BCUT2D eigenvalue weighted by Crippen LogP contribution is 2.13. The summed E-state index contributed by atoms with van der Waals surface area (Å²) in [6.07, 6.45) is 0.626. The molecule has 1 saturated heterocycles. The third-order valence-electron chi connectivity index (χ3n) is 5.26. The van der Waals surface area contributed by atoms with Gasteiger partial charge in [-0.3, -0.25) is 25.2 Å². The van der Waals surface area contributed by atoms with Gasteiger partial charge in [0, 0.05) is 11.9 Å². The van der Waals surface area contributed by atoms with E-state index in [1.807, 2.05) is 27.7 Å². The van der Waals surface area contributed by atoms with Crippen LogP contribution < -0.4 is 21.3 Å². The van der Waals surface area contributed by atoms with Crippen molar-refractivity contribution >= 4 is 22.6 Å². The fraction of sp³-hybridized carbons (Fsp3) is 0.545. The number of quaternary nitrogens is 1. The fourth-order valence-electron chi connectivity index (χ4n) is 4.00. The topological polar surface area (TPSA) is 107 Å². The Balaban J connectivity index is 1.65. The molecule has 9 nitrogen and oxygen atoms in total. The molecular weight excluding hydrogens is 398 g/mol. The molecule has 168 valence electrons. The number of rotatable bonds is 6. The molecule has 3 N–H and O–H groups in total. The number of morpholine rings is 1. The monoisotopic (exact) mass is 430 g/mol. The maximum absolute atomic E-state index is 12.8. The van der Waals surface area contributed by atoms with E-state index in [0.717, 1.165) is 13.1 Å². The number of benzene rings is 1. The summed E-state index contributed by atoms with van der Waals surface area (Å²) < 4.78 is 7.03. The van der Waals surface area contributed by atoms with Gasteiger partial charge in [-0.1, -0.05) is 32.0 Å². The molecular formula is C22H32N5O4+. The lowest BCUT2D eigenvalue weighted by Gasteiger charge is -2.32. The van der Waals surface area contributed by atoms with Crippen molar-refractivity contribution in [2.45, 2.75) is 52.9 Å². The lowest BCUT2D eigenvalue weighted by molar-refractivity contribution is -0.914. The van der Waals surface area contributed by atoms with E-state index in [0.29, 0.717) is 23.9 Å². The standard InChI is InChI=1S/C22H31N5O4/c1-14(2)11-27-22(30)18-8-6-5-7-17(18)20(25-27)21(29)24-23-19(28)9-10-26-12-15(3)31-16(4)13-26/h5-8,14-16H,9-13H2,1-4H3,(H,23,28)(H,24,29)/p+1/t15-,16+. The summed E-state index contributed by atoms with van der Waals surface area (Å²) in [5.74, 6) is -0.634. The Morgan fingerprint density at radius 3 is 2.45 bits per heavy atom. The number of ether oxygens (including phenoxy) is 1. The highest BCUT2D eigenvalue weighted by molar-refractivity contribution is 6.05. The third kappa shape index (κ3) is 5.89. The smallest absolute Gasteiger partial charge is 0.290 e. The Morgan fingerprint density at radius 1 is 1.16 bits per heavy atom. The first-order chi connectivity index (χ1) is 14.7. The van der Waals surface area contributed by atoms with Crippen molar-refractivity contribution in [3.63, 3.8) is 0 Å². The van der Waals surface area contributed by atoms with Gasteiger partial charge in [-0.15, -0.1) is 0 Å². The van der Waals surface area contributed by atoms with E-state index in [4.69, 9.17) is 4.74 Å². The quantitative estimate of drug-likeness (QED) is 0.555. The Kier molecular flexibility index (Phi) is 7.40. The van der Waals surface area contributed by atoms with Crippen molar-refractivity contribution in [2.75, 3.05) is 19.6 Å². The number of fused-ring (bicyclic) bond motifs is 1. The molecule has 1 aliphatic heterocycles. The number of nitrogens with zero attached hydrogens (tertiary/aromatic N) is 2. The van der Waals surface area contributed by atoms with Crippen LogP contribution in [-0.4, -0.2) is 53.4 Å². The number of amides is 2. The molecule has 3 atom stereocenters. The van der Waals surface area contributed by atoms with E-state index in [1.54, 1.807) is 24.3 Å². The van der Waals surface area contributed by atoms with Crippen molar-refractivity contribution in [3.8, 4) is 0 Å². The Morgan fingerprint density at radius 2 is 1.81 bits per heavy atom. The van der Waals surface area contributed by atoms with E-state index >= 15 is 0 Å². The Bertz CT molecular complexity index is 993. The molecule has 1 fully saturated rings. The summed E-state index contributed by atoms with van der Waals surface area (Å²) in [4.78, 5) is 39.0. The molecule has 0 spiro atoms. The lowest BCUT2D eigenvalue weighted by Crippen LogP contribution is -3.15. The molecule has 0 saturated carbocycles. The van der Waals surface area contributed by atoms with Gasteiger partial charge in [0.25, 0.3) is 11.5 Å². The van der Waals surface area contributed by atoms with E-state index in [2.05, 4.69) is 16.0 Å². The number of hydrogen-bond acceptors (Lipinski definition) is 5. The van der Waals surface area contributed by atoms with Gasteiger partial charge in [-0.05, 0) is 25.8 Å². The molecule has 1 aromatic carbocycles. The van der Waals surface area contributed by atoms with Crippen LogP contribution in [0.25, 0.3) is 10.8 Å². The second kappa shape index (κ2) is 10.0. The van der Waals surface area contributed by atoms with Crippen LogP contribution in [0.2, 0.25) is 0 Å². The van der Waals surface area contributed by atoms with Gasteiger partial charge >= 0.3 is 0 Å². The number of carbonyl (C=O) groups is 2. The predicted octanol–water partition coefficient (Wildman–Crippen LogP) is -0.104. The summed E-state index contributed by atoms with van der Waals surface area (Å²) in [6, 6.07) is 6.87. The summed E-state index contributed by atoms with van der Waals surface area (Å²) in [5.41, 5.74) is 4.79. The van der Waals surface area contributed by atoms with Crippen molar-refractivity contribution in [1.82, 2.24) is 20.6 Å². The predicted molar refractivity (Wildman–Crippen MR) is 117 cm³/mol. The van der Waals surface area contributed by atoms with Crippen LogP contribution in [0.3, 0.4) is 0 Å². The third-order valence-corrected chi connectivity index (χ3v) is 5.26. The van der Waals surface area contributed by atoms with Crippen LogP contribution in [0.15, 0.2) is 29.1 Å².